The largest absolute Gasteiger partial charge is 0.493 e. The van der Waals surface area contributed by atoms with Crippen molar-refractivity contribution in [3.63, 3.8) is 0 Å². The molecule has 1 unspecified atom stereocenters. The van der Waals surface area contributed by atoms with Crippen LogP contribution in [-0.2, 0) is 9.47 Å². The average molecular weight is 311 g/mol. The van der Waals surface area contributed by atoms with Crippen LogP contribution in [0, 0.1) is 10.1 Å². The second-order valence-corrected chi connectivity index (χ2v) is 4.71. The lowest BCUT2D eigenvalue weighted by Crippen LogP contribution is -2.18. The number of esters is 1. The fourth-order valence-corrected chi connectivity index (χ4v) is 2.20. The molecule has 2 rings (SSSR count). The van der Waals surface area contributed by atoms with Gasteiger partial charge < -0.3 is 18.9 Å². The van der Waals surface area contributed by atoms with Crippen LogP contribution in [0.1, 0.15) is 23.2 Å². The molecule has 0 aromatic heterocycles. The zero-order chi connectivity index (χ0) is 16.1. The third kappa shape index (κ3) is 3.45. The van der Waals surface area contributed by atoms with Crippen LogP contribution in [0.3, 0.4) is 0 Å². The minimum atomic E-state index is -0.789. The number of nitro groups is 1. The van der Waals surface area contributed by atoms with E-state index in [1.807, 2.05) is 0 Å². The first-order chi connectivity index (χ1) is 10.6. The van der Waals surface area contributed by atoms with E-state index in [-0.39, 0.29) is 29.8 Å². The first-order valence-corrected chi connectivity index (χ1v) is 6.76. The van der Waals surface area contributed by atoms with Crippen LogP contribution < -0.4 is 9.47 Å². The standard InChI is InChI=1S/C14H17NO7/c1-19-12-6-10(11(15(17)18)7-13(12)20-2)14(16)22-8-9-4-3-5-21-9/h6-7,9H,3-5,8H2,1-2H3. The van der Waals surface area contributed by atoms with Crippen LogP contribution >= 0.6 is 0 Å². The molecule has 0 N–H and O–H groups in total. The Bertz CT molecular complexity index is 567. The van der Waals surface area contributed by atoms with Gasteiger partial charge in [0.15, 0.2) is 11.5 Å². The number of hydrogen-bond donors (Lipinski definition) is 0. The molecular formula is C14H17NO7. The highest BCUT2D eigenvalue weighted by Crippen LogP contribution is 2.34. The summed E-state index contributed by atoms with van der Waals surface area (Å²) >= 11 is 0. The van der Waals surface area contributed by atoms with Gasteiger partial charge in [-0.2, -0.15) is 0 Å². The average Bonchev–Trinajstić information content (AvgIpc) is 3.04. The number of nitrogens with zero attached hydrogens (tertiary/aromatic N) is 1. The van der Waals surface area contributed by atoms with Crippen LogP contribution in [0.25, 0.3) is 0 Å². The van der Waals surface area contributed by atoms with E-state index >= 15 is 0 Å². The second-order valence-electron chi connectivity index (χ2n) is 4.71. The molecule has 0 amide bonds. The van der Waals surface area contributed by atoms with Gasteiger partial charge >= 0.3 is 5.97 Å². The van der Waals surface area contributed by atoms with Crippen molar-refractivity contribution in [1.82, 2.24) is 0 Å². The fourth-order valence-electron chi connectivity index (χ4n) is 2.20. The Morgan fingerprint density at radius 2 is 2.05 bits per heavy atom. The first kappa shape index (κ1) is 16.0. The van der Waals surface area contributed by atoms with Crippen molar-refractivity contribution in [2.75, 3.05) is 27.4 Å². The highest BCUT2D eigenvalue weighted by Gasteiger charge is 2.27. The molecule has 1 atom stereocenters. The summed E-state index contributed by atoms with van der Waals surface area (Å²) in [4.78, 5) is 22.6. The van der Waals surface area contributed by atoms with Gasteiger partial charge in [-0.1, -0.05) is 0 Å². The fraction of sp³-hybridized carbons (Fsp3) is 0.500. The van der Waals surface area contributed by atoms with E-state index in [1.165, 1.54) is 20.3 Å². The molecule has 0 saturated carbocycles. The van der Waals surface area contributed by atoms with Gasteiger partial charge in [0.2, 0.25) is 0 Å². The maximum Gasteiger partial charge on any atom is 0.345 e. The molecule has 0 aliphatic carbocycles. The van der Waals surface area contributed by atoms with E-state index in [4.69, 9.17) is 18.9 Å². The van der Waals surface area contributed by atoms with Gasteiger partial charge in [0.1, 0.15) is 12.2 Å². The van der Waals surface area contributed by atoms with Gasteiger partial charge in [0, 0.05) is 12.7 Å². The molecule has 1 heterocycles. The highest BCUT2D eigenvalue weighted by atomic mass is 16.6. The second kappa shape index (κ2) is 7.08. The number of carbonyl (C=O) groups is 1. The van der Waals surface area contributed by atoms with Crippen LogP contribution in [0.15, 0.2) is 12.1 Å². The van der Waals surface area contributed by atoms with Crippen molar-refractivity contribution in [2.24, 2.45) is 0 Å². The van der Waals surface area contributed by atoms with Gasteiger partial charge in [-0.15, -0.1) is 0 Å². The number of nitro benzene ring substituents is 1. The number of hydrogen-bond acceptors (Lipinski definition) is 7. The predicted octanol–water partition coefficient (Wildman–Crippen LogP) is 1.95. The molecule has 1 aliphatic heterocycles. The van der Waals surface area contributed by atoms with Gasteiger partial charge in [0.05, 0.1) is 31.3 Å². The van der Waals surface area contributed by atoms with E-state index < -0.39 is 16.6 Å². The third-order valence-corrected chi connectivity index (χ3v) is 3.34. The van der Waals surface area contributed by atoms with Crippen molar-refractivity contribution in [1.29, 1.82) is 0 Å². The third-order valence-electron chi connectivity index (χ3n) is 3.34. The van der Waals surface area contributed by atoms with Crippen LogP contribution in [0.2, 0.25) is 0 Å². The molecule has 22 heavy (non-hydrogen) atoms. The van der Waals surface area contributed by atoms with Gasteiger partial charge in [-0.3, -0.25) is 10.1 Å². The molecule has 1 aromatic rings. The lowest BCUT2D eigenvalue weighted by Gasteiger charge is -2.12. The molecule has 0 bridgehead atoms. The predicted molar refractivity (Wildman–Crippen MR) is 75.5 cm³/mol. The van der Waals surface area contributed by atoms with E-state index in [2.05, 4.69) is 0 Å². The Labute approximate surface area is 127 Å². The minimum absolute atomic E-state index is 0.0737. The summed E-state index contributed by atoms with van der Waals surface area (Å²) in [6.07, 6.45) is 1.57. The van der Waals surface area contributed by atoms with E-state index in [1.54, 1.807) is 0 Å². The van der Waals surface area contributed by atoms with E-state index in [9.17, 15) is 14.9 Å². The molecule has 1 fully saturated rings. The molecule has 0 radical (unpaired) electrons. The summed E-state index contributed by atoms with van der Waals surface area (Å²) in [5.41, 5.74) is -0.573. The zero-order valence-corrected chi connectivity index (χ0v) is 12.4. The number of ether oxygens (including phenoxy) is 4. The Morgan fingerprint density at radius 1 is 1.36 bits per heavy atom. The molecule has 8 heteroatoms. The van der Waals surface area contributed by atoms with Crippen LogP contribution in [0.4, 0.5) is 5.69 Å². The Hall–Kier alpha value is -2.35. The Morgan fingerprint density at radius 3 is 2.59 bits per heavy atom. The summed E-state index contributed by atoms with van der Waals surface area (Å²) in [5.74, 6) is -0.398. The monoisotopic (exact) mass is 311 g/mol. The van der Waals surface area contributed by atoms with E-state index in [0.29, 0.717) is 6.61 Å². The molecular weight excluding hydrogens is 294 g/mol. The summed E-state index contributed by atoms with van der Waals surface area (Å²) < 4.78 is 20.5. The number of methoxy groups -OCH3 is 2. The molecule has 1 aromatic carbocycles. The minimum Gasteiger partial charge on any atom is -0.493 e. The van der Waals surface area contributed by atoms with Gasteiger partial charge in [-0.25, -0.2) is 4.79 Å². The Kier molecular flexibility index (Phi) is 5.16. The summed E-state index contributed by atoms with van der Waals surface area (Å²) in [6.45, 7) is 0.711. The summed E-state index contributed by atoms with van der Waals surface area (Å²) in [6, 6.07) is 2.39. The van der Waals surface area contributed by atoms with Crippen molar-refractivity contribution < 1.29 is 28.7 Å². The zero-order valence-electron chi connectivity index (χ0n) is 12.4. The number of rotatable bonds is 6. The normalized spacial score (nSPS) is 17.1. The van der Waals surface area contributed by atoms with Crippen LogP contribution in [-0.4, -0.2) is 44.4 Å². The van der Waals surface area contributed by atoms with Crippen molar-refractivity contribution in [3.8, 4) is 11.5 Å². The molecule has 8 nitrogen and oxygen atoms in total. The number of benzene rings is 1. The van der Waals surface area contributed by atoms with Crippen molar-refractivity contribution in [2.45, 2.75) is 18.9 Å². The maximum atomic E-state index is 12.1. The molecule has 0 spiro atoms. The summed E-state index contributed by atoms with van der Waals surface area (Å²) in [5, 5.41) is 11.1. The molecule has 120 valence electrons. The van der Waals surface area contributed by atoms with Gasteiger partial charge in [-0.05, 0) is 12.8 Å². The SMILES string of the molecule is COc1cc(C(=O)OCC2CCCO2)c([N+](=O)[O-])cc1OC. The quantitative estimate of drug-likeness (QED) is 0.450. The molecule has 1 saturated heterocycles. The number of carbonyl (C=O) groups excluding carboxylic acids is 1. The smallest absolute Gasteiger partial charge is 0.345 e. The first-order valence-electron chi connectivity index (χ1n) is 6.76. The lowest BCUT2D eigenvalue weighted by atomic mass is 10.1. The van der Waals surface area contributed by atoms with Gasteiger partial charge in [0.25, 0.3) is 5.69 Å². The van der Waals surface area contributed by atoms with Crippen molar-refractivity contribution in [3.05, 3.63) is 27.8 Å². The highest BCUT2D eigenvalue weighted by molar-refractivity contribution is 5.95. The maximum absolute atomic E-state index is 12.1. The summed E-state index contributed by atoms with van der Waals surface area (Å²) in [7, 11) is 2.74. The van der Waals surface area contributed by atoms with Crippen LogP contribution in [0.5, 0.6) is 11.5 Å². The Balaban J connectivity index is 2.22. The van der Waals surface area contributed by atoms with Crippen molar-refractivity contribution >= 4 is 11.7 Å². The molecule has 1 aliphatic rings. The topological polar surface area (TPSA) is 97.1 Å². The van der Waals surface area contributed by atoms with E-state index in [0.717, 1.165) is 18.9 Å². The lowest BCUT2D eigenvalue weighted by molar-refractivity contribution is -0.385.